The van der Waals surface area contributed by atoms with E-state index in [2.05, 4.69) is 5.32 Å². The molecule has 0 radical (unpaired) electrons. The number of carbonyl (C=O) groups excluding carboxylic acids is 2. The van der Waals surface area contributed by atoms with E-state index in [1.54, 1.807) is 0 Å². The molecule has 2 rings (SSSR count). The van der Waals surface area contributed by atoms with Crippen molar-refractivity contribution in [3.05, 3.63) is 35.9 Å². The normalized spacial score (nSPS) is 21.4. The molecule has 0 aliphatic carbocycles. The Morgan fingerprint density at radius 3 is 2.56 bits per heavy atom. The maximum absolute atomic E-state index is 12.0. The van der Waals surface area contributed by atoms with Crippen LogP contribution >= 0.6 is 0 Å². The van der Waals surface area contributed by atoms with Crippen molar-refractivity contribution in [3.8, 4) is 0 Å². The third-order valence-electron chi connectivity index (χ3n) is 3.31. The predicted molar refractivity (Wildman–Crippen MR) is 68.8 cm³/mol. The predicted octanol–water partition coefficient (Wildman–Crippen LogP) is 1.48. The van der Waals surface area contributed by atoms with Crippen molar-refractivity contribution in [2.24, 2.45) is 0 Å². The molecule has 4 nitrogen and oxygen atoms in total. The van der Waals surface area contributed by atoms with Gasteiger partial charge in [0.25, 0.3) is 0 Å². The quantitative estimate of drug-likeness (QED) is 0.819. The first-order chi connectivity index (χ1) is 8.63. The Labute approximate surface area is 107 Å². The van der Waals surface area contributed by atoms with Gasteiger partial charge in [0.15, 0.2) is 0 Å². The molecule has 1 aliphatic heterocycles. The van der Waals surface area contributed by atoms with Crippen LogP contribution in [0.5, 0.6) is 0 Å². The summed E-state index contributed by atoms with van der Waals surface area (Å²) >= 11 is 0. The fourth-order valence-electron chi connectivity index (χ4n) is 2.29. The summed E-state index contributed by atoms with van der Waals surface area (Å²) in [6.45, 7) is 4.27. The van der Waals surface area contributed by atoms with Gasteiger partial charge in [-0.3, -0.25) is 19.8 Å². The van der Waals surface area contributed by atoms with Crippen molar-refractivity contribution < 1.29 is 9.59 Å². The lowest BCUT2D eigenvalue weighted by atomic mass is 10.1. The maximum Gasteiger partial charge on any atom is 0.246 e. The first-order valence-electron chi connectivity index (χ1n) is 6.28. The van der Waals surface area contributed by atoms with Crippen LogP contribution in [0.3, 0.4) is 0 Å². The standard InChI is InChI=1S/C14H18N2O2/c1-3-16-13(17)9-12(14(16)18)15-10(2)11-7-5-4-6-8-11/h4-8,10,12,15H,3,9H2,1-2H3. The van der Waals surface area contributed by atoms with Crippen molar-refractivity contribution in [2.45, 2.75) is 32.4 Å². The summed E-state index contributed by atoms with van der Waals surface area (Å²) in [5, 5.41) is 3.23. The molecule has 1 fully saturated rings. The van der Waals surface area contributed by atoms with Crippen molar-refractivity contribution in [1.82, 2.24) is 10.2 Å². The van der Waals surface area contributed by atoms with Crippen LogP contribution in [0.1, 0.15) is 31.9 Å². The second-order valence-corrected chi connectivity index (χ2v) is 4.53. The second kappa shape index (κ2) is 5.31. The van der Waals surface area contributed by atoms with Gasteiger partial charge in [-0.25, -0.2) is 0 Å². The highest BCUT2D eigenvalue weighted by Crippen LogP contribution is 2.18. The van der Waals surface area contributed by atoms with Gasteiger partial charge in [0.1, 0.15) is 0 Å². The first kappa shape index (κ1) is 12.8. The number of benzene rings is 1. The van der Waals surface area contributed by atoms with Crippen LogP contribution in [0.25, 0.3) is 0 Å². The van der Waals surface area contributed by atoms with Gasteiger partial charge in [0.2, 0.25) is 11.8 Å². The molecule has 1 aliphatic rings. The molecule has 2 unspecified atom stereocenters. The Morgan fingerprint density at radius 1 is 1.33 bits per heavy atom. The zero-order valence-corrected chi connectivity index (χ0v) is 10.7. The van der Waals surface area contributed by atoms with Gasteiger partial charge in [0, 0.05) is 12.6 Å². The van der Waals surface area contributed by atoms with E-state index in [9.17, 15) is 9.59 Å². The van der Waals surface area contributed by atoms with E-state index in [0.29, 0.717) is 6.54 Å². The summed E-state index contributed by atoms with van der Waals surface area (Å²) in [5.41, 5.74) is 1.12. The molecule has 1 aromatic carbocycles. The molecule has 0 saturated carbocycles. The van der Waals surface area contributed by atoms with Gasteiger partial charge >= 0.3 is 0 Å². The smallest absolute Gasteiger partial charge is 0.246 e. The van der Waals surface area contributed by atoms with Crippen LogP contribution in [-0.2, 0) is 9.59 Å². The van der Waals surface area contributed by atoms with E-state index in [1.807, 2.05) is 44.2 Å². The zero-order chi connectivity index (χ0) is 13.1. The second-order valence-electron chi connectivity index (χ2n) is 4.53. The monoisotopic (exact) mass is 246 g/mol. The number of carbonyl (C=O) groups is 2. The number of amides is 2. The number of nitrogens with zero attached hydrogens (tertiary/aromatic N) is 1. The van der Waals surface area contributed by atoms with Gasteiger partial charge in [-0.1, -0.05) is 30.3 Å². The molecule has 1 heterocycles. The third kappa shape index (κ3) is 2.43. The Balaban J connectivity index is 2.03. The molecule has 18 heavy (non-hydrogen) atoms. The molecule has 0 aromatic heterocycles. The molecule has 1 N–H and O–H groups in total. The maximum atomic E-state index is 12.0. The van der Waals surface area contributed by atoms with Gasteiger partial charge < -0.3 is 0 Å². The molecular formula is C14H18N2O2. The van der Waals surface area contributed by atoms with Gasteiger partial charge in [-0.2, -0.15) is 0 Å². The van der Waals surface area contributed by atoms with E-state index >= 15 is 0 Å². The number of hydrogen-bond donors (Lipinski definition) is 1. The number of hydrogen-bond acceptors (Lipinski definition) is 3. The Morgan fingerprint density at radius 2 is 2.00 bits per heavy atom. The zero-order valence-electron chi connectivity index (χ0n) is 10.7. The molecular weight excluding hydrogens is 228 g/mol. The molecule has 0 bridgehead atoms. The Kier molecular flexibility index (Phi) is 3.77. The topological polar surface area (TPSA) is 49.4 Å². The number of likely N-dealkylation sites (N-methyl/N-ethyl adjacent to an activating group) is 1. The Hall–Kier alpha value is -1.68. The number of likely N-dealkylation sites (tertiary alicyclic amines) is 1. The Bertz CT molecular complexity index is 444. The fourth-order valence-corrected chi connectivity index (χ4v) is 2.29. The minimum atomic E-state index is -0.382. The van der Waals surface area contributed by atoms with Crippen LogP contribution < -0.4 is 5.32 Å². The molecule has 1 aromatic rings. The SMILES string of the molecule is CCN1C(=O)CC(NC(C)c2ccccc2)C1=O. The minimum Gasteiger partial charge on any atom is -0.299 e. The van der Waals surface area contributed by atoms with Crippen LogP contribution in [0.2, 0.25) is 0 Å². The van der Waals surface area contributed by atoms with Crippen molar-refractivity contribution >= 4 is 11.8 Å². The van der Waals surface area contributed by atoms with E-state index < -0.39 is 0 Å². The van der Waals surface area contributed by atoms with Gasteiger partial charge in [0.05, 0.1) is 12.5 Å². The highest BCUT2D eigenvalue weighted by Gasteiger charge is 2.37. The van der Waals surface area contributed by atoms with Crippen molar-refractivity contribution in [3.63, 3.8) is 0 Å². The minimum absolute atomic E-state index is 0.0600. The molecule has 0 spiro atoms. The molecule has 2 atom stereocenters. The van der Waals surface area contributed by atoms with Gasteiger partial charge in [-0.05, 0) is 19.4 Å². The van der Waals surface area contributed by atoms with Crippen LogP contribution in [0.4, 0.5) is 0 Å². The summed E-state index contributed by atoms with van der Waals surface area (Å²) < 4.78 is 0. The summed E-state index contributed by atoms with van der Waals surface area (Å²) in [4.78, 5) is 24.9. The first-order valence-corrected chi connectivity index (χ1v) is 6.28. The lowest BCUT2D eigenvalue weighted by Crippen LogP contribution is -2.39. The number of rotatable bonds is 4. The summed E-state index contributed by atoms with van der Waals surface area (Å²) in [6.07, 6.45) is 0.268. The number of nitrogens with one attached hydrogen (secondary N) is 1. The van der Waals surface area contributed by atoms with Crippen LogP contribution in [-0.4, -0.2) is 29.3 Å². The fraction of sp³-hybridized carbons (Fsp3) is 0.429. The van der Waals surface area contributed by atoms with Crippen LogP contribution in [0.15, 0.2) is 30.3 Å². The lowest BCUT2D eigenvalue weighted by Gasteiger charge is -2.18. The lowest BCUT2D eigenvalue weighted by molar-refractivity contribution is -0.138. The summed E-state index contributed by atoms with van der Waals surface area (Å²) in [6, 6.07) is 9.59. The summed E-state index contributed by atoms with van der Waals surface area (Å²) in [7, 11) is 0. The highest BCUT2D eigenvalue weighted by atomic mass is 16.2. The van der Waals surface area contributed by atoms with E-state index in [4.69, 9.17) is 0 Å². The average Bonchev–Trinajstić information content (AvgIpc) is 2.65. The van der Waals surface area contributed by atoms with Crippen molar-refractivity contribution in [1.29, 1.82) is 0 Å². The largest absolute Gasteiger partial charge is 0.299 e. The number of imide groups is 1. The van der Waals surface area contributed by atoms with E-state index in [0.717, 1.165) is 5.56 Å². The molecule has 1 saturated heterocycles. The molecule has 2 amide bonds. The van der Waals surface area contributed by atoms with Crippen molar-refractivity contribution in [2.75, 3.05) is 6.54 Å². The summed E-state index contributed by atoms with van der Waals surface area (Å²) in [5.74, 6) is -0.189. The highest BCUT2D eigenvalue weighted by molar-refractivity contribution is 6.05. The third-order valence-corrected chi connectivity index (χ3v) is 3.31. The van der Waals surface area contributed by atoms with E-state index in [1.165, 1.54) is 4.90 Å². The van der Waals surface area contributed by atoms with E-state index in [-0.39, 0.29) is 30.3 Å². The van der Waals surface area contributed by atoms with Crippen LogP contribution in [0, 0.1) is 0 Å². The van der Waals surface area contributed by atoms with Gasteiger partial charge in [-0.15, -0.1) is 0 Å². The molecule has 4 heteroatoms. The molecule has 96 valence electrons. The average molecular weight is 246 g/mol.